The maximum Gasteiger partial charge on any atom is 0.147 e. The number of aromatic nitrogens is 3. The SMILES string of the molecule is CCC(O)c1cc2nccc(-c3cc(Cl)cc4c3OC(c3n[nH]c5c3CNCC5)C4)c2s1. The number of aromatic amines is 1. The Kier molecular flexibility index (Phi) is 4.95. The molecule has 0 radical (unpaired) electrons. The second kappa shape index (κ2) is 7.85. The maximum atomic E-state index is 10.3. The number of halogens is 1. The van der Waals surface area contributed by atoms with Crippen molar-refractivity contribution in [3.63, 3.8) is 0 Å². The molecule has 164 valence electrons. The van der Waals surface area contributed by atoms with E-state index in [1.165, 1.54) is 11.3 Å². The number of hydrogen-bond acceptors (Lipinski definition) is 6. The van der Waals surface area contributed by atoms with Gasteiger partial charge in [-0.2, -0.15) is 5.10 Å². The van der Waals surface area contributed by atoms with E-state index in [0.29, 0.717) is 11.4 Å². The molecule has 0 spiro atoms. The maximum absolute atomic E-state index is 10.3. The monoisotopic (exact) mass is 466 g/mol. The molecule has 0 aliphatic carbocycles. The van der Waals surface area contributed by atoms with Gasteiger partial charge in [-0.25, -0.2) is 0 Å². The fourth-order valence-corrected chi connectivity index (χ4v) is 6.18. The van der Waals surface area contributed by atoms with Crippen LogP contribution >= 0.6 is 22.9 Å². The van der Waals surface area contributed by atoms with Crippen LogP contribution in [0.3, 0.4) is 0 Å². The van der Waals surface area contributed by atoms with Gasteiger partial charge in [0.15, 0.2) is 0 Å². The van der Waals surface area contributed by atoms with Crippen LogP contribution in [0, 0.1) is 0 Å². The van der Waals surface area contributed by atoms with Crippen LogP contribution in [0.2, 0.25) is 5.02 Å². The van der Waals surface area contributed by atoms with Gasteiger partial charge in [-0.1, -0.05) is 18.5 Å². The lowest BCUT2D eigenvalue weighted by Gasteiger charge is -2.16. The van der Waals surface area contributed by atoms with Crippen molar-refractivity contribution in [2.75, 3.05) is 6.54 Å². The largest absolute Gasteiger partial charge is 0.483 e. The minimum atomic E-state index is -0.479. The average molecular weight is 467 g/mol. The second-order valence-corrected chi connectivity index (χ2v) is 9.91. The van der Waals surface area contributed by atoms with Crippen LogP contribution in [0.15, 0.2) is 30.5 Å². The third kappa shape index (κ3) is 3.23. The van der Waals surface area contributed by atoms with Crippen LogP contribution < -0.4 is 10.1 Å². The zero-order valence-electron chi connectivity index (χ0n) is 17.6. The lowest BCUT2D eigenvalue weighted by molar-refractivity contribution is 0.177. The number of H-pyrrole nitrogens is 1. The predicted molar refractivity (Wildman–Crippen MR) is 126 cm³/mol. The zero-order chi connectivity index (χ0) is 21.8. The molecule has 32 heavy (non-hydrogen) atoms. The predicted octanol–water partition coefficient (Wildman–Crippen LogP) is 5.11. The second-order valence-electron chi connectivity index (χ2n) is 8.39. The molecule has 6 nitrogen and oxygen atoms in total. The van der Waals surface area contributed by atoms with Gasteiger partial charge in [0.25, 0.3) is 0 Å². The van der Waals surface area contributed by atoms with Crippen molar-refractivity contribution in [1.29, 1.82) is 0 Å². The van der Waals surface area contributed by atoms with Gasteiger partial charge in [0.1, 0.15) is 17.5 Å². The summed E-state index contributed by atoms with van der Waals surface area (Å²) in [5, 5.41) is 22.3. The molecule has 3 N–H and O–H groups in total. The van der Waals surface area contributed by atoms with E-state index in [-0.39, 0.29) is 6.10 Å². The molecule has 2 atom stereocenters. The summed E-state index contributed by atoms with van der Waals surface area (Å²) in [5.41, 5.74) is 7.37. The highest BCUT2D eigenvalue weighted by atomic mass is 35.5. The molecule has 0 bridgehead atoms. The Bertz CT molecular complexity index is 1330. The van der Waals surface area contributed by atoms with Crippen LogP contribution in [0.1, 0.15) is 52.9 Å². The van der Waals surface area contributed by atoms with Crippen molar-refractivity contribution in [2.24, 2.45) is 0 Å². The van der Waals surface area contributed by atoms with Gasteiger partial charge in [-0.15, -0.1) is 11.3 Å². The Balaban J connectivity index is 1.44. The Morgan fingerprint density at radius 3 is 3.09 bits per heavy atom. The summed E-state index contributed by atoms with van der Waals surface area (Å²) >= 11 is 8.14. The molecule has 0 amide bonds. The van der Waals surface area contributed by atoms with Crippen molar-refractivity contribution >= 4 is 33.2 Å². The number of nitrogens with one attached hydrogen (secondary N) is 2. The fraction of sp³-hybridized carbons (Fsp3) is 0.333. The van der Waals surface area contributed by atoms with E-state index in [1.54, 1.807) is 11.3 Å². The van der Waals surface area contributed by atoms with Crippen LogP contribution in [0.25, 0.3) is 21.3 Å². The highest BCUT2D eigenvalue weighted by Crippen LogP contribution is 2.48. The number of pyridine rings is 1. The van der Waals surface area contributed by atoms with Gasteiger partial charge in [0.05, 0.1) is 16.3 Å². The minimum absolute atomic E-state index is 0.139. The van der Waals surface area contributed by atoms with Gasteiger partial charge in [-0.05, 0) is 30.7 Å². The molecule has 4 aromatic rings. The summed E-state index contributed by atoms with van der Waals surface area (Å²) in [6.07, 6.45) is 3.55. The normalized spacial score (nSPS) is 18.4. The van der Waals surface area contributed by atoms with Crippen molar-refractivity contribution in [1.82, 2.24) is 20.5 Å². The van der Waals surface area contributed by atoms with E-state index in [0.717, 1.165) is 69.2 Å². The first-order chi connectivity index (χ1) is 15.6. The van der Waals surface area contributed by atoms with Gasteiger partial charge in [0, 0.05) is 70.0 Å². The average Bonchev–Trinajstić information content (AvgIpc) is 3.53. The van der Waals surface area contributed by atoms with Crippen molar-refractivity contribution in [2.45, 2.75) is 44.9 Å². The molecular weight excluding hydrogens is 444 g/mol. The van der Waals surface area contributed by atoms with Gasteiger partial charge in [0.2, 0.25) is 0 Å². The van der Waals surface area contributed by atoms with E-state index < -0.39 is 6.10 Å². The molecule has 0 saturated heterocycles. The first-order valence-electron chi connectivity index (χ1n) is 10.9. The molecule has 2 unspecified atom stereocenters. The number of ether oxygens (including phenoxy) is 1. The number of benzene rings is 1. The molecule has 3 aromatic heterocycles. The van der Waals surface area contributed by atoms with Crippen LogP contribution in [0.5, 0.6) is 5.75 Å². The quantitative estimate of drug-likeness (QED) is 0.389. The lowest BCUT2D eigenvalue weighted by Crippen LogP contribution is -2.24. The number of aliphatic hydroxyl groups is 1. The number of thiophene rings is 1. The summed E-state index contributed by atoms with van der Waals surface area (Å²) in [5.74, 6) is 0.860. The molecule has 0 fully saturated rings. The number of hydrogen-bond donors (Lipinski definition) is 3. The highest BCUT2D eigenvalue weighted by molar-refractivity contribution is 7.19. The molecule has 5 heterocycles. The van der Waals surface area contributed by atoms with Gasteiger partial charge in [-0.3, -0.25) is 10.1 Å². The van der Waals surface area contributed by atoms with Crippen LogP contribution in [0.4, 0.5) is 0 Å². The summed E-state index contributed by atoms with van der Waals surface area (Å²) in [6.45, 7) is 3.76. The molecule has 1 aromatic carbocycles. The number of nitrogens with zero attached hydrogens (tertiary/aromatic N) is 2. The highest BCUT2D eigenvalue weighted by Gasteiger charge is 2.33. The molecule has 0 saturated carbocycles. The fourth-order valence-electron chi connectivity index (χ4n) is 4.73. The first kappa shape index (κ1) is 20.2. The minimum Gasteiger partial charge on any atom is -0.483 e. The third-order valence-corrected chi connectivity index (χ3v) is 7.85. The summed E-state index contributed by atoms with van der Waals surface area (Å²) < 4.78 is 7.58. The lowest BCUT2D eigenvalue weighted by atomic mass is 9.99. The van der Waals surface area contributed by atoms with Crippen molar-refractivity contribution in [3.05, 3.63) is 62.9 Å². The van der Waals surface area contributed by atoms with Gasteiger partial charge >= 0.3 is 0 Å². The Labute approximate surface area is 194 Å². The Hall–Kier alpha value is -2.45. The van der Waals surface area contributed by atoms with E-state index in [1.807, 2.05) is 37.4 Å². The van der Waals surface area contributed by atoms with E-state index in [9.17, 15) is 5.11 Å². The molecule has 8 heteroatoms. The molecular formula is C24H23ClN4O2S. The summed E-state index contributed by atoms with van der Waals surface area (Å²) in [4.78, 5) is 5.46. The van der Waals surface area contributed by atoms with Crippen LogP contribution in [-0.4, -0.2) is 26.8 Å². The van der Waals surface area contributed by atoms with E-state index >= 15 is 0 Å². The van der Waals surface area contributed by atoms with Crippen molar-refractivity contribution in [3.8, 4) is 16.9 Å². The number of aliphatic hydroxyl groups excluding tert-OH is 1. The standard InChI is InChI=1S/C24H23ClN4O2S/c1-2-19(30)21-10-18-24(32-21)14(3-6-27-18)15-9-13(25)7-12-8-20(31-23(12)15)22-16-11-26-5-4-17(16)28-29-22/h3,6-7,9-10,19-20,26,30H,2,4-5,8,11H2,1H3,(H,28,29). The molecule has 6 rings (SSSR count). The number of fused-ring (bicyclic) bond motifs is 3. The van der Waals surface area contributed by atoms with Crippen LogP contribution in [-0.2, 0) is 19.4 Å². The Morgan fingerprint density at radius 1 is 1.31 bits per heavy atom. The number of rotatable bonds is 4. The zero-order valence-corrected chi connectivity index (χ0v) is 19.2. The summed E-state index contributed by atoms with van der Waals surface area (Å²) in [6, 6.07) is 7.95. The van der Waals surface area contributed by atoms with E-state index in [2.05, 4.69) is 20.5 Å². The van der Waals surface area contributed by atoms with E-state index in [4.69, 9.17) is 16.3 Å². The Morgan fingerprint density at radius 2 is 2.22 bits per heavy atom. The first-order valence-corrected chi connectivity index (χ1v) is 12.1. The third-order valence-electron chi connectivity index (χ3n) is 6.38. The van der Waals surface area contributed by atoms with Gasteiger partial charge < -0.3 is 15.2 Å². The summed E-state index contributed by atoms with van der Waals surface area (Å²) in [7, 11) is 0. The van der Waals surface area contributed by atoms with Crippen molar-refractivity contribution < 1.29 is 9.84 Å². The smallest absolute Gasteiger partial charge is 0.147 e. The molecule has 2 aliphatic rings. The molecule has 2 aliphatic heterocycles. The topological polar surface area (TPSA) is 83.1 Å².